The van der Waals surface area contributed by atoms with Gasteiger partial charge >= 0.3 is 11.6 Å². The molecule has 7 heteroatoms. The lowest BCUT2D eigenvalue weighted by Gasteiger charge is -2.09. The number of ketones is 1. The van der Waals surface area contributed by atoms with Crippen LogP contribution in [0.4, 0.5) is 0 Å². The van der Waals surface area contributed by atoms with E-state index in [0.717, 1.165) is 0 Å². The van der Waals surface area contributed by atoms with Gasteiger partial charge in [-0.1, -0.05) is 54.6 Å². The molecule has 0 aliphatic rings. The Balaban J connectivity index is 1.87. The van der Waals surface area contributed by atoms with Crippen LogP contribution in [-0.2, 0) is 9.53 Å². The average Bonchev–Trinajstić information content (AvgIpc) is 3.33. The van der Waals surface area contributed by atoms with E-state index in [1.165, 1.54) is 6.08 Å². The Morgan fingerprint density at radius 1 is 0.865 bits per heavy atom. The van der Waals surface area contributed by atoms with E-state index in [9.17, 15) is 14.4 Å². The second-order valence-corrected chi connectivity index (χ2v) is 8.13. The maximum absolute atomic E-state index is 13.9. The Morgan fingerprint density at radius 2 is 1.57 bits per heavy atom. The standard InChI is InChI=1S/C30H22O7/c1-3-35-24(31)17-22(18-13-15-20(34-2)16-14-18)29-25(27(32)19-9-5-4-6-10-19)26-28(37-29)21-11-7-8-12-23(21)36-30(26)33/h4-17H,3H2,1-2H3/b22-17+. The number of benzene rings is 3. The minimum absolute atomic E-state index is 0.00539. The molecule has 2 aromatic heterocycles. The molecule has 184 valence electrons. The summed E-state index contributed by atoms with van der Waals surface area (Å²) in [6.45, 7) is 1.86. The van der Waals surface area contributed by atoms with Crippen LogP contribution in [0.1, 0.15) is 34.2 Å². The zero-order valence-corrected chi connectivity index (χ0v) is 20.1. The zero-order chi connectivity index (χ0) is 25.9. The summed E-state index contributed by atoms with van der Waals surface area (Å²) < 4.78 is 22.3. The topological polar surface area (TPSA) is 96.0 Å². The van der Waals surface area contributed by atoms with Crippen LogP contribution in [0.3, 0.4) is 0 Å². The Labute approximate surface area is 211 Å². The summed E-state index contributed by atoms with van der Waals surface area (Å²) in [5.41, 5.74) is 0.997. The lowest BCUT2D eigenvalue weighted by atomic mass is 9.94. The number of esters is 1. The van der Waals surface area contributed by atoms with Crippen LogP contribution < -0.4 is 10.4 Å². The Bertz CT molecular complexity index is 1700. The highest BCUT2D eigenvalue weighted by molar-refractivity contribution is 6.21. The highest BCUT2D eigenvalue weighted by Gasteiger charge is 2.29. The van der Waals surface area contributed by atoms with Gasteiger partial charge in [0.25, 0.3) is 0 Å². The van der Waals surface area contributed by atoms with Crippen LogP contribution in [0, 0.1) is 0 Å². The minimum Gasteiger partial charge on any atom is -0.497 e. The van der Waals surface area contributed by atoms with E-state index in [4.69, 9.17) is 18.3 Å². The molecule has 7 nitrogen and oxygen atoms in total. The number of ether oxygens (including phenoxy) is 2. The predicted molar refractivity (Wildman–Crippen MR) is 139 cm³/mol. The largest absolute Gasteiger partial charge is 0.497 e. The van der Waals surface area contributed by atoms with E-state index < -0.39 is 17.4 Å². The highest BCUT2D eigenvalue weighted by Crippen LogP contribution is 2.37. The van der Waals surface area contributed by atoms with Crippen molar-refractivity contribution >= 4 is 39.3 Å². The van der Waals surface area contributed by atoms with Crippen molar-refractivity contribution in [2.75, 3.05) is 13.7 Å². The van der Waals surface area contributed by atoms with Gasteiger partial charge in [0.05, 0.1) is 24.7 Å². The number of rotatable bonds is 7. The maximum Gasteiger partial charge on any atom is 0.348 e. The fourth-order valence-electron chi connectivity index (χ4n) is 4.20. The van der Waals surface area contributed by atoms with Crippen LogP contribution in [0.25, 0.3) is 27.5 Å². The van der Waals surface area contributed by atoms with Crippen LogP contribution in [0.2, 0.25) is 0 Å². The molecule has 0 N–H and O–H groups in total. The molecule has 0 amide bonds. The summed E-state index contributed by atoms with van der Waals surface area (Å²) in [5.74, 6) is -0.397. The van der Waals surface area contributed by atoms with Gasteiger partial charge in [0, 0.05) is 17.2 Å². The van der Waals surface area contributed by atoms with E-state index in [2.05, 4.69) is 0 Å². The van der Waals surface area contributed by atoms with Gasteiger partial charge in [0.15, 0.2) is 11.4 Å². The van der Waals surface area contributed by atoms with Crippen molar-refractivity contribution in [3.8, 4) is 5.75 Å². The third kappa shape index (κ3) is 4.43. The molecule has 0 atom stereocenters. The van der Waals surface area contributed by atoms with E-state index in [1.807, 2.05) is 0 Å². The molecule has 5 aromatic rings. The fraction of sp³-hybridized carbons (Fsp3) is 0.100. The molecule has 3 aromatic carbocycles. The first-order chi connectivity index (χ1) is 18.0. The molecule has 0 saturated heterocycles. The molecule has 0 fully saturated rings. The van der Waals surface area contributed by atoms with E-state index in [1.54, 1.807) is 92.9 Å². The molecule has 0 aliphatic carbocycles. The van der Waals surface area contributed by atoms with Gasteiger partial charge in [-0.2, -0.15) is 0 Å². The molecular weight excluding hydrogens is 472 g/mol. The van der Waals surface area contributed by atoms with Gasteiger partial charge in [-0.25, -0.2) is 9.59 Å². The van der Waals surface area contributed by atoms with E-state index in [0.29, 0.717) is 27.8 Å². The molecule has 0 bridgehead atoms. The summed E-state index contributed by atoms with van der Waals surface area (Å²) in [6.07, 6.45) is 1.26. The molecular formula is C30H22O7. The van der Waals surface area contributed by atoms with Crippen molar-refractivity contribution in [3.63, 3.8) is 0 Å². The van der Waals surface area contributed by atoms with Crippen molar-refractivity contribution in [1.82, 2.24) is 0 Å². The van der Waals surface area contributed by atoms with Crippen LogP contribution in [-0.4, -0.2) is 25.5 Å². The quantitative estimate of drug-likeness (QED) is 0.123. The molecule has 5 rings (SSSR count). The molecule has 37 heavy (non-hydrogen) atoms. The summed E-state index contributed by atoms with van der Waals surface area (Å²) in [6, 6.07) is 22.4. The number of methoxy groups -OCH3 is 1. The first-order valence-electron chi connectivity index (χ1n) is 11.6. The van der Waals surface area contributed by atoms with Crippen molar-refractivity contribution in [2.45, 2.75) is 6.92 Å². The Kier molecular flexibility index (Phi) is 6.43. The molecule has 0 unspecified atom stereocenters. The number of hydrogen-bond donors (Lipinski definition) is 0. The smallest absolute Gasteiger partial charge is 0.348 e. The van der Waals surface area contributed by atoms with Gasteiger partial charge < -0.3 is 18.3 Å². The highest BCUT2D eigenvalue weighted by atomic mass is 16.5. The summed E-state index contributed by atoms with van der Waals surface area (Å²) in [4.78, 5) is 39.7. The zero-order valence-electron chi connectivity index (χ0n) is 20.1. The van der Waals surface area contributed by atoms with Gasteiger partial charge in [0.2, 0.25) is 0 Å². The van der Waals surface area contributed by atoms with Crippen molar-refractivity contribution in [3.05, 3.63) is 118 Å². The van der Waals surface area contributed by atoms with Gasteiger partial charge in [-0.15, -0.1) is 0 Å². The van der Waals surface area contributed by atoms with Crippen LogP contribution in [0.5, 0.6) is 5.75 Å². The SMILES string of the molecule is CCOC(=O)/C=C(\c1ccc(OC)cc1)c1oc2c(c1C(=O)c1ccccc1)c(=O)oc1ccccc12. The molecule has 0 spiro atoms. The van der Waals surface area contributed by atoms with Gasteiger partial charge in [-0.05, 0) is 36.8 Å². The van der Waals surface area contributed by atoms with Crippen molar-refractivity contribution in [2.24, 2.45) is 0 Å². The maximum atomic E-state index is 13.9. The predicted octanol–water partition coefficient (Wildman–Crippen LogP) is 5.77. The monoisotopic (exact) mass is 494 g/mol. The van der Waals surface area contributed by atoms with Crippen LogP contribution in [0.15, 0.2) is 98.6 Å². The third-order valence-electron chi connectivity index (χ3n) is 5.90. The second-order valence-electron chi connectivity index (χ2n) is 8.13. The lowest BCUT2D eigenvalue weighted by Crippen LogP contribution is -2.09. The number of hydrogen-bond acceptors (Lipinski definition) is 7. The average molecular weight is 494 g/mol. The van der Waals surface area contributed by atoms with Crippen LogP contribution >= 0.6 is 0 Å². The third-order valence-corrected chi connectivity index (χ3v) is 5.90. The van der Waals surface area contributed by atoms with Gasteiger partial charge in [0.1, 0.15) is 22.5 Å². The van der Waals surface area contributed by atoms with Crippen molar-refractivity contribution in [1.29, 1.82) is 0 Å². The number of carbonyl (C=O) groups is 2. The number of carbonyl (C=O) groups excluding carboxylic acids is 2. The normalized spacial score (nSPS) is 11.6. The van der Waals surface area contributed by atoms with E-state index >= 15 is 0 Å². The summed E-state index contributed by atoms with van der Waals surface area (Å²) in [5, 5.41) is 0.529. The first-order valence-corrected chi connectivity index (χ1v) is 11.6. The number of furan rings is 1. The summed E-state index contributed by atoms with van der Waals surface area (Å²) >= 11 is 0. The number of para-hydroxylation sites is 1. The minimum atomic E-state index is -0.715. The molecule has 0 aliphatic heterocycles. The second kappa shape index (κ2) is 9.99. The molecule has 2 heterocycles. The Hall–Kier alpha value is -4.91. The first kappa shape index (κ1) is 23.8. The van der Waals surface area contributed by atoms with Crippen molar-refractivity contribution < 1.29 is 27.9 Å². The Morgan fingerprint density at radius 3 is 2.27 bits per heavy atom. The number of fused-ring (bicyclic) bond motifs is 3. The lowest BCUT2D eigenvalue weighted by molar-refractivity contribution is -0.137. The van der Waals surface area contributed by atoms with E-state index in [-0.39, 0.29) is 34.5 Å². The molecule has 0 radical (unpaired) electrons. The fourth-order valence-corrected chi connectivity index (χ4v) is 4.20. The molecule has 0 saturated carbocycles. The summed E-state index contributed by atoms with van der Waals surface area (Å²) in [7, 11) is 1.55. The van der Waals surface area contributed by atoms with Gasteiger partial charge in [-0.3, -0.25) is 4.79 Å².